The number of allylic oxidation sites excluding steroid dienone is 1. The van der Waals surface area contributed by atoms with Crippen LogP contribution in [0.1, 0.15) is 72.6 Å². The largest absolute Gasteiger partial charge is 0.425 e. The number of hydrogen-bond donors (Lipinski definition) is 1. The standard InChI is InChI=1S/C24H40N4O2/c1-15(2)20-12-18(13-21-26-27-23(30-21)24(4,5)6)16(3)11-19(20)14-28-9-7-17(8-10-28)22(25)29/h11,15,17-20H,7-10,12-14H2,1-6H3,(H2,25,29). The van der Waals surface area contributed by atoms with Crippen molar-refractivity contribution in [2.75, 3.05) is 19.6 Å². The van der Waals surface area contributed by atoms with Crippen molar-refractivity contribution in [1.29, 1.82) is 0 Å². The molecule has 2 N–H and O–H groups in total. The highest BCUT2D eigenvalue weighted by molar-refractivity contribution is 5.76. The van der Waals surface area contributed by atoms with Crippen LogP contribution in [0.4, 0.5) is 0 Å². The van der Waals surface area contributed by atoms with Gasteiger partial charge in [-0.05, 0) is 62.9 Å². The van der Waals surface area contributed by atoms with Crippen molar-refractivity contribution in [1.82, 2.24) is 15.1 Å². The van der Waals surface area contributed by atoms with Crippen LogP contribution in [-0.2, 0) is 16.6 Å². The second kappa shape index (κ2) is 9.21. The minimum Gasteiger partial charge on any atom is -0.425 e. The summed E-state index contributed by atoms with van der Waals surface area (Å²) in [6.45, 7) is 16.3. The van der Waals surface area contributed by atoms with Gasteiger partial charge in [-0.25, -0.2) is 0 Å². The Bertz CT molecular complexity index is 754. The molecule has 1 aromatic heterocycles. The molecular formula is C24H40N4O2. The van der Waals surface area contributed by atoms with Crippen molar-refractivity contribution in [3.63, 3.8) is 0 Å². The van der Waals surface area contributed by atoms with E-state index < -0.39 is 0 Å². The lowest BCUT2D eigenvalue weighted by Gasteiger charge is -2.40. The number of amides is 1. The van der Waals surface area contributed by atoms with E-state index in [2.05, 4.69) is 62.7 Å². The lowest BCUT2D eigenvalue weighted by Crippen LogP contribution is -2.43. The number of primary amides is 1. The Hall–Kier alpha value is -1.69. The summed E-state index contributed by atoms with van der Waals surface area (Å²) in [6.07, 6.45) is 6.28. The highest BCUT2D eigenvalue weighted by Gasteiger charge is 2.34. The maximum atomic E-state index is 11.5. The molecule has 3 atom stereocenters. The number of nitrogens with two attached hydrogens (primary N) is 1. The highest BCUT2D eigenvalue weighted by atomic mass is 16.4. The lowest BCUT2D eigenvalue weighted by atomic mass is 9.69. The Balaban J connectivity index is 1.66. The van der Waals surface area contributed by atoms with Gasteiger partial charge in [-0.3, -0.25) is 4.79 Å². The molecule has 3 unspecified atom stereocenters. The second-order valence-electron chi connectivity index (χ2n) is 10.8. The third-order valence-corrected chi connectivity index (χ3v) is 7.07. The van der Waals surface area contributed by atoms with Gasteiger partial charge in [0, 0.05) is 24.3 Å². The van der Waals surface area contributed by atoms with Crippen molar-refractivity contribution in [3.8, 4) is 0 Å². The van der Waals surface area contributed by atoms with Gasteiger partial charge in [0.2, 0.25) is 17.7 Å². The smallest absolute Gasteiger partial charge is 0.221 e. The molecule has 6 nitrogen and oxygen atoms in total. The number of carbonyl (C=O) groups excluding carboxylic acids is 1. The van der Waals surface area contributed by atoms with Crippen LogP contribution in [0.2, 0.25) is 0 Å². The molecule has 1 saturated heterocycles. The third kappa shape index (κ3) is 5.51. The molecule has 0 bridgehead atoms. The van der Waals surface area contributed by atoms with Gasteiger partial charge in [-0.2, -0.15) is 0 Å². The molecule has 1 aromatic rings. The van der Waals surface area contributed by atoms with E-state index in [1.54, 1.807) is 0 Å². The van der Waals surface area contributed by atoms with Crippen LogP contribution in [0.25, 0.3) is 0 Å². The average Bonchev–Trinajstić information content (AvgIpc) is 3.13. The average molecular weight is 417 g/mol. The number of hydrogen-bond acceptors (Lipinski definition) is 5. The van der Waals surface area contributed by atoms with Crippen LogP contribution in [-0.4, -0.2) is 40.6 Å². The second-order valence-corrected chi connectivity index (χ2v) is 10.8. The molecule has 168 valence electrons. The summed E-state index contributed by atoms with van der Waals surface area (Å²) in [5, 5.41) is 8.59. The molecule has 30 heavy (non-hydrogen) atoms. The first kappa shape index (κ1) is 23.0. The minimum absolute atomic E-state index is 0.0579. The lowest BCUT2D eigenvalue weighted by molar-refractivity contribution is -0.123. The van der Waals surface area contributed by atoms with E-state index in [-0.39, 0.29) is 17.2 Å². The zero-order valence-corrected chi connectivity index (χ0v) is 19.6. The highest BCUT2D eigenvalue weighted by Crippen LogP contribution is 2.39. The van der Waals surface area contributed by atoms with Gasteiger partial charge >= 0.3 is 0 Å². The Morgan fingerprint density at radius 2 is 1.93 bits per heavy atom. The first-order chi connectivity index (χ1) is 14.0. The van der Waals surface area contributed by atoms with Gasteiger partial charge in [0.1, 0.15) is 0 Å². The van der Waals surface area contributed by atoms with Crippen LogP contribution in [0, 0.1) is 29.6 Å². The first-order valence-electron chi connectivity index (χ1n) is 11.6. The molecule has 2 aliphatic rings. The fourth-order valence-electron chi connectivity index (χ4n) is 5.03. The molecule has 1 fully saturated rings. The van der Waals surface area contributed by atoms with Crippen molar-refractivity contribution in [2.45, 2.75) is 72.6 Å². The van der Waals surface area contributed by atoms with Gasteiger partial charge in [0.25, 0.3) is 0 Å². The quantitative estimate of drug-likeness (QED) is 0.710. The maximum Gasteiger partial charge on any atom is 0.221 e. The number of likely N-dealkylation sites (tertiary alicyclic amines) is 1. The Labute approximate surface area is 181 Å². The van der Waals surface area contributed by atoms with E-state index in [0.717, 1.165) is 51.2 Å². The van der Waals surface area contributed by atoms with E-state index in [1.807, 2.05) is 0 Å². The van der Waals surface area contributed by atoms with E-state index >= 15 is 0 Å². The summed E-state index contributed by atoms with van der Waals surface area (Å²) >= 11 is 0. The molecule has 1 aliphatic carbocycles. The topological polar surface area (TPSA) is 85.2 Å². The zero-order chi connectivity index (χ0) is 22.1. The van der Waals surface area contributed by atoms with Crippen LogP contribution in [0.15, 0.2) is 16.1 Å². The van der Waals surface area contributed by atoms with Gasteiger partial charge in [-0.1, -0.05) is 46.3 Å². The van der Waals surface area contributed by atoms with E-state index in [4.69, 9.17) is 10.2 Å². The third-order valence-electron chi connectivity index (χ3n) is 7.07. The van der Waals surface area contributed by atoms with Crippen LogP contribution < -0.4 is 5.73 Å². The summed E-state index contributed by atoms with van der Waals surface area (Å²) in [5.41, 5.74) is 6.83. The molecule has 3 rings (SSSR count). The summed E-state index contributed by atoms with van der Waals surface area (Å²) in [4.78, 5) is 14.0. The number of nitrogens with zero attached hydrogens (tertiary/aromatic N) is 3. The number of aromatic nitrogens is 2. The van der Waals surface area contributed by atoms with E-state index in [9.17, 15) is 4.79 Å². The number of piperidine rings is 1. The zero-order valence-electron chi connectivity index (χ0n) is 19.6. The maximum absolute atomic E-state index is 11.5. The van der Waals surface area contributed by atoms with Gasteiger partial charge in [0.15, 0.2) is 0 Å². The number of carbonyl (C=O) groups is 1. The number of rotatable bonds is 6. The monoisotopic (exact) mass is 416 g/mol. The molecule has 0 aromatic carbocycles. The van der Waals surface area contributed by atoms with E-state index in [0.29, 0.717) is 29.6 Å². The predicted molar refractivity (Wildman–Crippen MR) is 119 cm³/mol. The molecular weight excluding hydrogens is 376 g/mol. The van der Waals surface area contributed by atoms with E-state index in [1.165, 1.54) is 5.57 Å². The van der Waals surface area contributed by atoms with Crippen LogP contribution >= 0.6 is 0 Å². The van der Waals surface area contributed by atoms with Gasteiger partial charge in [0.05, 0.1) is 0 Å². The summed E-state index contributed by atoms with van der Waals surface area (Å²) < 4.78 is 5.98. The normalized spacial score (nSPS) is 26.8. The molecule has 1 aliphatic heterocycles. The Morgan fingerprint density at radius 3 is 2.47 bits per heavy atom. The Kier molecular flexibility index (Phi) is 7.05. The first-order valence-corrected chi connectivity index (χ1v) is 11.6. The summed E-state index contributed by atoms with van der Waals surface area (Å²) in [7, 11) is 0. The van der Waals surface area contributed by atoms with Crippen molar-refractivity contribution in [3.05, 3.63) is 23.4 Å². The van der Waals surface area contributed by atoms with Crippen molar-refractivity contribution in [2.24, 2.45) is 35.3 Å². The van der Waals surface area contributed by atoms with Gasteiger partial charge in [-0.15, -0.1) is 10.2 Å². The summed E-state index contributed by atoms with van der Waals surface area (Å²) in [6, 6.07) is 0. The molecule has 1 amide bonds. The van der Waals surface area contributed by atoms with Crippen molar-refractivity contribution >= 4 is 5.91 Å². The minimum atomic E-state index is -0.137. The van der Waals surface area contributed by atoms with Crippen LogP contribution in [0.5, 0.6) is 0 Å². The molecule has 0 radical (unpaired) electrons. The molecule has 2 heterocycles. The fourth-order valence-corrected chi connectivity index (χ4v) is 5.03. The fraction of sp³-hybridized carbons (Fsp3) is 0.792. The summed E-state index contributed by atoms with van der Waals surface area (Å²) in [5.74, 6) is 3.67. The van der Waals surface area contributed by atoms with Gasteiger partial charge < -0.3 is 15.1 Å². The molecule has 0 saturated carbocycles. The van der Waals surface area contributed by atoms with Crippen LogP contribution in [0.3, 0.4) is 0 Å². The Morgan fingerprint density at radius 1 is 1.27 bits per heavy atom. The molecule has 0 spiro atoms. The molecule has 6 heteroatoms. The SMILES string of the molecule is CC1=CC(CN2CCC(C(N)=O)CC2)C(C(C)C)CC1Cc1nnc(C(C)(C)C)o1. The van der Waals surface area contributed by atoms with Crippen molar-refractivity contribution < 1.29 is 9.21 Å². The predicted octanol–water partition coefficient (Wildman–Crippen LogP) is 3.96.